The van der Waals surface area contributed by atoms with Crippen molar-refractivity contribution in [2.24, 2.45) is 0 Å². The van der Waals surface area contributed by atoms with Gasteiger partial charge in [0.25, 0.3) is 10.0 Å². The van der Waals surface area contributed by atoms with Crippen molar-refractivity contribution in [2.75, 3.05) is 19.7 Å². The molecule has 1 aliphatic rings. The predicted molar refractivity (Wildman–Crippen MR) is 69.1 cm³/mol. The van der Waals surface area contributed by atoms with Crippen LogP contribution in [-0.2, 0) is 14.8 Å². The molecule has 2 rings (SSSR count). The Bertz CT molecular complexity index is 495. The Kier molecular flexibility index (Phi) is 3.80. The topological polar surface area (TPSA) is 66.8 Å². The molecule has 1 aromatic heterocycles. The van der Waals surface area contributed by atoms with E-state index in [9.17, 15) is 13.5 Å². The Morgan fingerprint density at radius 1 is 1.61 bits per heavy atom. The van der Waals surface area contributed by atoms with Crippen LogP contribution >= 0.6 is 11.3 Å². The monoisotopic (exact) mass is 291 g/mol. The van der Waals surface area contributed by atoms with Crippen LogP contribution < -0.4 is 0 Å². The molecule has 0 aliphatic carbocycles. The Morgan fingerprint density at radius 3 is 2.89 bits per heavy atom. The Balaban J connectivity index is 2.28. The fourth-order valence-electron chi connectivity index (χ4n) is 2.06. The summed E-state index contributed by atoms with van der Waals surface area (Å²) in [6.07, 6.45) is -0.469. The minimum Gasteiger partial charge on any atom is -0.394 e. The summed E-state index contributed by atoms with van der Waals surface area (Å²) < 4.78 is 32.1. The van der Waals surface area contributed by atoms with Crippen LogP contribution in [0.15, 0.2) is 21.7 Å². The highest BCUT2D eigenvalue weighted by atomic mass is 32.2. The molecule has 7 heteroatoms. The van der Waals surface area contributed by atoms with Gasteiger partial charge >= 0.3 is 0 Å². The number of thiophene rings is 1. The Morgan fingerprint density at radius 2 is 2.33 bits per heavy atom. The van der Waals surface area contributed by atoms with Crippen LogP contribution in [-0.4, -0.2) is 49.2 Å². The number of aliphatic hydroxyl groups excluding tert-OH is 1. The molecule has 18 heavy (non-hydrogen) atoms. The largest absolute Gasteiger partial charge is 0.394 e. The molecule has 0 saturated carbocycles. The number of hydrogen-bond donors (Lipinski definition) is 1. The third-order valence-corrected chi connectivity index (χ3v) is 5.93. The summed E-state index contributed by atoms with van der Waals surface area (Å²) in [6.45, 7) is 3.96. The molecule has 1 saturated heterocycles. The first-order chi connectivity index (χ1) is 8.35. The maximum Gasteiger partial charge on any atom is 0.252 e. The van der Waals surface area contributed by atoms with Gasteiger partial charge in [-0.05, 0) is 25.3 Å². The van der Waals surface area contributed by atoms with Crippen LogP contribution in [0.2, 0.25) is 0 Å². The fourth-order valence-corrected chi connectivity index (χ4v) is 4.82. The van der Waals surface area contributed by atoms with E-state index >= 15 is 0 Å². The van der Waals surface area contributed by atoms with Crippen molar-refractivity contribution >= 4 is 21.4 Å². The third-order valence-electron chi connectivity index (χ3n) is 2.74. The maximum atomic E-state index is 12.4. The number of hydrogen-bond acceptors (Lipinski definition) is 5. The maximum absolute atomic E-state index is 12.4. The van der Waals surface area contributed by atoms with Gasteiger partial charge in [-0.15, -0.1) is 11.3 Å². The number of ether oxygens (including phenoxy) is 1. The lowest BCUT2D eigenvalue weighted by molar-refractivity contribution is -0.131. The van der Waals surface area contributed by atoms with Crippen molar-refractivity contribution in [3.8, 4) is 0 Å². The second-order valence-electron chi connectivity index (χ2n) is 4.91. The van der Waals surface area contributed by atoms with Gasteiger partial charge in [0.2, 0.25) is 0 Å². The van der Waals surface area contributed by atoms with Crippen LogP contribution in [0, 0.1) is 0 Å². The molecule has 0 spiro atoms. The van der Waals surface area contributed by atoms with Gasteiger partial charge < -0.3 is 9.84 Å². The predicted octanol–water partition coefficient (Wildman–Crippen LogP) is 0.909. The molecule has 1 fully saturated rings. The molecule has 1 atom stereocenters. The molecular formula is C11H17NO4S2. The average Bonchev–Trinajstić information content (AvgIpc) is 2.80. The summed E-state index contributed by atoms with van der Waals surface area (Å²) in [7, 11) is -3.47. The van der Waals surface area contributed by atoms with Crippen LogP contribution in [0.25, 0.3) is 0 Å². The van der Waals surface area contributed by atoms with Gasteiger partial charge in [0.15, 0.2) is 0 Å². The van der Waals surface area contributed by atoms with Gasteiger partial charge in [-0.2, -0.15) is 4.31 Å². The molecule has 0 radical (unpaired) electrons. The molecule has 0 amide bonds. The highest BCUT2D eigenvalue weighted by Crippen LogP contribution is 2.28. The van der Waals surface area contributed by atoms with Crippen molar-refractivity contribution in [1.82, 2.24) is 4.31 Å². The molecule has 0 bridgehead atoms. The van der Waals surface area contributed by atoms with E-state index in [1.165, 1.54) is 15.6 Å². The molecule has 0 aromatic carbocycles. The van der Waals surface area contributed by atoms with Gasteiger partial charge in [0, 0.05) is 13.1 Å². The van der Waals surface area contributed by atoms with E-state index in [4.69, 9.17) is 4.74 Å². The van der Waals surface area contributed by atoms with E-state index in [-0.39, 0.29) is 13.2 Å². The zero-order valence-electron chi connectivity index (χ0n) is 10.4. The molecule has 1 aromatic rings. The highest BCUT2D eigenvalue weighted by molar-refractivity contribution is 7.91. The number of rotatable bonds is 3. The van der Waals surface area contributed by atoms with Crippen LogP contribution in [0.3, 0.4) is 0 Å². The minimum atomic E-state index is -3.47. The molecular weight excluding hydrogens is 274 g/mol. The van der Waals surface area contributed by atoms with Gasteiger partial charge in [-0.25, -0.2) is 8.42 Å². The number of sulfonamides is 1. The molecule has 2 heterocycles. The van der Waals surface area contributed by atoms with Crippen LogP contribution in [0.1, 0.15) is 13.8 Å². The van der Waals surface area contributed by atoms with Crippen LogP contribution in [0.4, 0.5) is 0 Å². The van der Waals surface area contributed by atoms with Crippen LogP contribution in [0.5, 0.6) is 0 Å². The quantitative estimate of drug-likeness (QED) is 0.899. The van der Waals surface area contributed by atoms with E-state index < -0.39 is 21.7 Å². The fraction of sp³-hybridized carbons (Fsp3) is 0.636. The number of morpholine rings is 1. The lowest BCUT2D eigenvalue weighted by Crippen LogP contribution is -2.55. The smallest absolute Gasteiger partial charge is 0.252 e. The average molecular weight is 291 g/mol. The van der Waals surface area contributed by atoms with Gasteiger partial charge in [-0.3, -0.25) is 0 Å². The summed E-state index contributed by atoms with van der Waals surface area (Å²) in [5.74, 6) is 0. The standard InChI is InChI=1S/C11H17NO4S2/c1-11(2)8-12(6-9(7-13)16-11)18(14,15)10-4-3-5-17-10/h3-5,9,13H,6-8H2,1-2H3. The van der Waals surface area contributed by atoms with E-state index in [0.717, 1.165) is 0 Å². The zero-order chi connectivity index (χ0) is 13.4. The summed E-state index contributed by atoms with van der Waals surface area (Å²) >= 11 is 1.20. The number of nitrogens with zero attached hydrogens (tertiary/aromatic N) is 1. The van der Waals surface area contributed by atoms with Crippen molar-refractivity contribution in [2.45, 2.75) is 29.8 Å². The third kappa shape index (κ3) is 2.75. The number of aliphatic hydroxyl groups is 1. The minimum absolute atomic E-state index is 0.181. The molecule has 1 unspecified atom stereocenters. The summed E-state index contributed by atoms with van der Waals surface area (Å²) in [6, 6.07) is 3.31. The second kappa shape index (κ2) is 4.90. The molecule has 1 N–H and O–H groups in total. The van der Waals surface area contributed by atoms with E-state index in [2.05, 4.69) is 0 Å². The van der Waals surface area contributed by atoms with Crippen molar-refractivity contribution in [3.05, 3.63) is 17.5 Å². The van der Waals surface area contributed by atoms with Crippen molar-refractivity contribution in [1.29, 1.82) is 0 Å². The van der Waals surface area contributed by atoms with E-state index in [1.807, 2.05) is 13.8 Å². The normalized spacial score (nSPS) is 25.2. The summed E-state index contributed by atoms with van der Waals surface area (Å²) in [5, 5.41) is 10.9. The Hall–Kier alpha value is -0.470. The van der Waals surface area contributed by atoms with E-state index in [0.29, 0.717) is 10.8 Å². The second-order valence-corrected chi connectivity index (χ2v) is 8.02. The summed E-state index contributed by atoms with van der Waals surface area (Å²) in [4.78, 5) is 0. The first-order valence-electron chi connectivity index (χ1n) is 5.67. The van der Waals surface area contributed by atoms with Gasteiger partial charge in [0.05, 0.1) is 18.3 Å². The lowest BCUT2D eigenvalue weighted by Gasteiger charge is -2.41. The van der Waals surface area contributed by atoms with Gasteiger partial charge in [0.1, 0.15) is 4.21 Å². The SMILES string of the molecule is CC1(C)CN(S(=O)(=O)c2cccs2)CC(CO)O1. The Labute approximate surface area is 111 Å². The van der Waals surface area contributed by atoms with E-state index in [1.54, 1.807) is 17.5 Å². The highest BCUT2D eigenvalue weighted by Gasteiger charge is 2.39. The first kappa shape index (κ1) is 14.0. The zero-order valence-corrected chi connectivity index (χ0v) is 12.0. The van der Waals surface area contributed by atoms with Gasteiger partial charge in [-0.1, -0.05) is 6.07 Å². The first-order valence-corrected chi connectivity index (χ1v) is 7.99. The molecule has 1 aliphatic heterocycles. The van der Waals surface area contributed by atoms with Crippen molar-refractivity contribution < 1.29 is 18.3 Å². The lowest BCUT2D eigenvalue weighted by atomic mass is 10.1. The molecule has 5 nitrogen and oxygen atoms in total. The summed E-state index contributed by atoms with van der Waals surface area (Å²) in [5.41, 5.74) is -0.587. The molecule has 102 valence electrons. The van der Waals surface area contributed by atoms with Crippen molar-refractivity contribution in [3.63, 3.8) is 0 Å².